The number of likely N-dealkylation sites (tertiary alicyclic amines) is 1. The number of nitrogens with two attached hydrogens (primary N) is 1. The first-order valence-electron chi connectivity index (χ1n) is 17.4. The van der Waals surface area contributed by atoms with Crippen LogP contribution in [0.5, 0.6) is 0 Å². The molecule has 1 atom stereocenters. The Labute approximate surface area is 296 Å². The van der Waals surface area contributed by atoms with Gasteiger partial charge in [0.15, 0.2) is 5.82 Å². The van der Waals surface area contributed by atoms with Gasteiger partial charge in [-0.2, -0.15) is 0 Å². The highest BCUT2D eigenvalue weighted by molar-refractivity contribution is 8.01. The van der Waals surface area contributed by atoms with Crippen molar-refractivity contribution in [1.82, 2.24) is 30.1 Å². The maximum Gasteiger partial charge on any atom is 0.242 e. The topological polar surface area (TPSA) is 188 Å². The number of imide groups is 1. The number of para-hydroxylation sites is 1. The van der Waals surface area contributed by atoms with Gasteiger partial charge in [0, 0.05) is 57.2 Å². The molecule has 0 aliphatic carbocycles. The number of rotatable bonds is 23. The molecule has 4 amide bonds. The summed E-state index contributed by atoms with van der Waals surface area (Å²) < 4.78 is 13.2. The van der Waals surface area contributed by atoms with E-state index >= 15 is 0 Å². The molecule has 1 aliphatic rings. The summed E-state index contributed by atoms with van der Waals surface area (Å²) in [4.78, 5) is 70.6. The largest absolute Gasteiger partial charge is 0.382 e. The van der Waals surface area contributed by atoms with E-state index in [1.54, 1.807) is 0 Å². The first-order valence-corrected chi connectivity index (χ1v) is 18.4. The molecule has 1 unspecified atom stereocenters. The predicted molar refractivity (Wildman–Crippen MR) is 192 cm³/mol. The van der Waals surface area contributed by atoms with E-state index in [-0.39, 0.29) is 80.7 Å². The van der Waals surface area contributed by atoms with Gasteiger partial charge in [-0.1, -0.05) is 31.5 Å². The third-order valence-electron chi connectivity index (χ3n) is 8.24. The van der Waals surface area contributed by atoms with E-state index in [1.165, 1.54) is 6.92 Å². The number of nitrogens with zero attached hydrogens (tertiary/aromatic N) is 4. The van der Waals surface area contributed by atoms with Gasteiger partial charge in [-0.05, 0) is 32.3 Å². The van der Waals surface area contributed by atoms with Crippen LogP contribution in [-0.2, 0) is 46.4 Å². The van der Waals surface area contributed by atoms with Crippen LogP contribution in [-0.4, -0.2) is 106 Å². The fourth-order valence-corrected chi connectivity index (χ4v) is 6.64. The molecule has 50 heavy (non-hydrogen) atoms. The standard InChI is InChI=1S/C35H49N7O7S/c1-3-4-11-28-40-32-33(25-9-5-6-10-26(25)39-34(32)36)41(28)16-8-7-14-37-30(45)13-18-48-20-21-49-19-15-38-29(44)12-17-42-31(46)22-27(35(42)47)50-23-24(2)43/h5-6,9-10,27H,3-4,7-8,11-23H2,1-2H3,(H2,36,39)(H,37,45)(H,38,44). The number of imidazole rings is 1. The van der Waals surface area contributed by atoms with Crippen LogP contribution >= 0.6 is 11.8 Å². The van der Waals surface area contributed by atoms with Gasteiger partial charge < -0.3 is 30.4 Å². The van der Waals surface area contributed by atoms with Crippen molar-refractivity contribution in [1.29, 1.82) is 0 Å². The molecule has 0 radical (unpaired) electrons. The molecule has 0 saturated carbocycles. The number of nitrogens with one attached hydrogen (secondary N) is 2. The van der Waals surface area contributed by atoms with Crippen LogP contribution in [0, 0.1) is 0 Å². The van der Waals surface area contributed by atoms with Crippen molar-refractivity contribution in [2.24, 2.45) is 0 Å². The van der Waals surface area contributed by atoms with Crippen LogP contribution in [0.2, 0.25) is 0 Å². The third kappa shape index (κ3) is 11.2. The summed E-state index contributed by atoms with van der Waals surface area (Å²) in [6.07, 6.45) is 4.98. The lowest BCUT2D eigenvalue weighted by atomic mass is 10.2. The number of ketones is 1. The highest BCUT2D eigenvalue weighted by Gasteiger charge is 2.38. The van der Waals surface area contributed by atoms with Crippen LogP contribution in [0.25, 0.3) is 21.9 Å². The van der Waals surface area contributed by atoms with Crippen molar-refractivity contribution in [3.63, 3.8) is 0 Å². The third-order valence-corrected chi connectivity index (χ3v) is 9.58. The van der Waals surface area contributed by atoms with E-state index in [9.17, 15) is 24.0 Å². The average Bonchev–Trinajstić information content (AvgIpc) is 3.60. The number of ether oxygens (including phenoxy) is 2. The predicted octanol–water partition coefficient (Wildman–Crippen LogP) is 2.79. The number of Topliss-reactive ketones (excluding diaryl/α,β-unsaturated/α-hetero) is 1. The average molecular weight is 712 g/mol. The van der Waals surface area contributed by atoms with Crippen LogP contribution in [0.4, 0.5) is 5.82 Å². The molecule has 1 aromatic carbocycles. The molecule has 2 aromatic heterocycles. The first-order chi connectivity index (χ1) is 24.2. The van der Waals surface area contributed by atoms with Gasteiger partial charge in [-0.3, -0.25) is 28.9 Å². The minimum atomic E-state index is -0.560. The minimum Gasteiger partial charge on any atom is -0.382 e. The summed E-state index contributed by atoms with van der Waals surface area (Å²) in [6.45, 7) is 6.41. The SMILES string of the molecule is CCCCc1nc2c(N)nc3ccccc3c2n1CCCCNC(=O)CCOCCOCCNC(=O)CCN1C(=O)CC(SCC(C)=O)C1=O. The van der Waals surface area contributed by atoms with Crippen LogP contribution < -0.4 is 16.4 Å². The Morgan fingerprint density at radius 3 is 2.46 bits per heavy atom. The van der Waals surface area contributed by atoms with Crippen LogP contribution in [0.1, 0.15) is 64.6 Å². The van der Waals surface area contributed by atoms with Crippen molar-refractivity contribution >= 4 is 68.9 Å². The number of anilines is 1. The second-order valence-corrected chi connectivity index (χ2v) is 13.4. The van der Waals surface area contributed by atoms with E-state index < -0.39 is 5.25 Å². The lowest BCUT2D eigenvalue weighted by molar-refractivity contribution is -0.138. The molecule has 15 heteroatoms. The van der Waals surface area contributed by atoms with Crippen molar-refractivity contribution in [3.05, 3.63) is 30.1 Å². The Morgan fingerprint density at radius 1 is 0.940 bits per heavy atom. The van der Waals surface area contributed by atoms with E-state index in [2.05, 4.69) is 33.2 Å². The lowest BCUT2D eigenvalue weighted by Crippen LogP contribution is -2.36. The molecule has 4 N–H and O–H groups in total. The first kappa shape index (κ1) is 38.7. The number of thioether (sulfide) groups is 1. The molecular weight excluding hydrogens is 662 g/mol. The fourth-order valence-electron chi connectivity index (χ4n) is 5.67. The molecular formula is C35H49N7O7S. The zero-order chi connectivity index (χ0) is 35.9. The smallest absolute Gasteiger partial charge is 0.242 e. The number of unbranched alkanes of at least 4 members (excludes halogenated alkanes) is 2. The normalized spacial score (nSPS) is 14.6. The second-order valence-electron chi connectivity index (χ2n) is 12.2. The number of nitrogen functional groups attached to an aromatic ring is 1. The number of carbonyl (C=O) groups is 5. The number of hydrogen-bond donors (Lipinski definition) is 3. The quantitative estimate of drug-likeness (QED) is 0.0970. The molecule has 3 aromatic rings. The van der Waals surface area contributed by atoms with E-state index in [0.717, 1.165) is 83.1 Å². The van der Waals surface area contributed by atoms with Gasteiger partial charge >= 0.3 is 0 Å². The van der Waals surface area contributed by atoms with Crippen molar-refractivity contribution in [2.75, 3.05) is 57.5 Å². The Bertz CT molecular complexity index is 1650. The number of fused-ring (bicyclic) bond motifs is 3. The lowest BCUT2D eigenvalue weighted by Gasteiger charge is -2.14. The van der Waals surface area contributed by atoms with Gasteiger partial charge in [0.2, 0.25) is 23.6 Å². The van der Waals surface area contributed by atoms with Crippen LogP contribution in [0.15, 0.2) is 24.3 Å². The van der Waals surface area contributed by atoms with E-state index in [4.69, 9.17) is 20.2 Å². The van der Waals surface area contributed by atoms with Gasteiger partial charge in [0.1, 0.15) is 17.1 Å². The molecule has 1 saturated heterocycles. The molecule has 1 aliphatic heterocycles. The fraction of sp³-hybridized carbons (Fsp3) is 0.571. The van der Waals surface area contributed by atoms with Gasteiger partial charge in [-0.25, -0.2) is 9.97 Å². The van der Waals surface area contributed by atoms with Crippen molar-refractivity contribution < 1.29 is 33.4 Å². The minimum absolute atomic E-state index is 0.000575. The molecule has 0 bridgehead atoms. The second kappa shape index (κ2) is 19.9. The van der Waals surface area contributed by atoms with Gasteiger partial charge in [0.25, 0.3) is 0 Å². The van der Waals surface area contributed by atoms with Crippen LogP contribution in [0.3, 0.4) is 0 Å². The van der Waals surface area contributed by atoms with Gasteiger partial charge in [0.05, 0.1) is 48.5 Å². The zero-order valence-electron chi connectivity index (χ0n) is 29.0. The Balaban J connectivity index is 1.03. The Hall–Kier alpha value is -4.08. The number of pyridine rings is 1. The molecule has 272 valence electrons. The number of aromatic nitrogens is 3. The molecule has 0 spiro atoms. The highest BCUT2D eigenvalue weighted by atomic mass is 32.2. The highest BCUT2D eigenvalue weighted by Crippen LogP contribution is 2.30. The number of hydrogen-bond acceptors (Lipinski definition) is 11. The molecule has 14 nitrogen and oxygen atoms in total. The Morgan fingerprint density at radius 2 is 1.68 bits per heavy atom. The number of aryl methyl sites for hydroxylation is 2. The van der Waals surface area contributed by atoms with Crippen molar-refractivity contribution in [2.45, 2.75) is 77.0 Å². The zero-order valence-corrected chi connectivity index (χ0v) is 29.9. The number of amides is 4. The van der Waals surface area contributed by atoms with Crippen molar-refractivity contribution in [3.8, 4) is 0 Å². The summed E-state index contributed by atoms with van der Waals surface area (Å²) in [7, 11) is 0. The molecule has 3 heterocycles. The summed E-state index contributed by atoms with van der Waals surface area (Å²) in [6, 6.07) is 7.99. The summed E-state index contributed by atoms with van der Waals surface area (Å²) >= 11 is 1.16. The summed E-state index contributed by atoms with van der Waals surface area (Å²) in [5, 5.41) is 6.14. The number of carbonyl (C=O) groups excluding carboxylic acids is 5. The van der Waals surface area contributed by atoms with E-state index in [0.29, 0.717) is 25.6 Å². The molecule has 4 rings (SSSR count). The Kier molecular flexibility index (Phi) is 15.4. The van der Waals surface area contributed by atoms with Gasteiger partial charge in [-0.15, -0.1) is 11.8 Å². The summed E-state index contributed by atoms with van der Waals surface area (Å²) in [5.41, 5.74) is 8.93. The molecule has 1 fully saturated rings. The van der Waals surface area contributed by atoms with E-state index in [1.807, 2.05) is 18.2 Å². The maximum atomic E-state index is 12.4. The monoisotopic (exact) mass is 711 g/mol. The maximum absolute atomic E-state index is 12.4. The summed E-state index contributed by atoms with van der Waals surface area (Å²) in [5.74, 6) is 0.554. The number of benzene rings is 1.